The Hall–Kier alpha value is -1.71. The Kier molecular flexibility index (Phi) is 2.96. The number of carbonyl (C=O) groups excluding carboxylic acids is 1. The maximum atomic E-state index is 11.6. The Morgan fingerprint density at radius 3 is 2.76 bits per heavy atom. The van der Waals surface area contributed by atoms with Gasteiger partial charge in [-0.05, 0) is 37.8 Å². The summed E-state index contributed by atoms with van der Waals surface area (Å²) in [6.45, 7) is 1.87. The third-order valence-electron chi connectivity index (χ3n) is 3.38. The summed E-state index contributed by atoms with van der Waals surface area (Å²) >= 11 is 0. The van der Waals surface area contributed by atoms with Crippen molar-refractivity contribution in [1.82, 2.24) is 0 Å². The predicted molar refractivity (Wildman–Crippen MR) is 66.9 cm³/mol. The molecule has 0 aliphatic heterocycles. The molecule has 0 saturated heterocycles. The van der Waals surface area contributed by atoms with Crippen LogP contribution in [0.3, 0.4) is 0 Å². The van der Waals surface area contributed by atoms with Gasteiger partial charge in [0.1, 0.15) is 11.3 Å². The van der Waals surface area contributed by atoms with E-state index in [1.165, 1.54) is 0 Å². The van der Waals surface area contributed by atoms with Crippen LogP contribution in [0, 0.1) is 5.92 Å². The van der Waals surface area contributed by atoms with Crippen LogP contribution in [0.4, 0.5) is 5.69 Å². The number of ether oxygens (including phenoxy) is 1. The molecule has 1 aromatic carbocycles. The summed E-state index contributed by atoms with van der Waals surface area (Å²) in [4.78, 5) is 11.6. The SMILES string of the molecule is COc1cccc(NC(C)(C(N)=O)C2CC2)c1. The molecule has 0 spiro atoms. The van der Waals surface area contributed by atoms with Crippen LogP contribution in [0.2, 0.25) is 0 Å². The average molecular weight is 234 g/mol. The lowest BCUT2D eigenvalue weighted by Gasteiger charge is -2.28. The molecule has 3 N–H and O–H groups in total. The van der Waals surface area contributed by atoms with Crippen LogP contribution in [0.25, 0.3) is 0 Å². The van der Waals surface area contributed by atoms with E-state index >= 15 is 0 Å². The van der Waals surface area contributed by atoms with Crippen LogP contribution in [0.5, 0.6) is 5.75 Å². The van der Waals surface area contributed by atoms with Gasteiger partial charge >= 0.3 is 0 Å². The minimum atomic E-state index is -0.660. The van der Waals surface area contributed by atoms with E-state index in [0.29, 0.717) is 5.92 Å². The fourth-order valence-corrected chi connectivity index (χ4v) is 2.03. The van der Waals surface area contributed by atoms with Gasteiger partial charge in [-0.1, -0.05) is 6.07 Å². The number of hydrogen-bond acceptors (Lipinski definition) is 3. The first kappa shape index (κ1) is 11.8. The van der Waals surface area contributed by atoms with Crippen molar-refractivity contribution in [3.63, 3.8) is 0 Å². The molecule has 0 radical (unpaired) electrons. The van der Waals surface area contributed by atoms with Crippen molar-refractivity contribution in [2.24, 2.45) is 11.7 Å². The van der Waals surface area contributed by atoms with Gasteiger partial charge in [0.2, 0.25) is 5.91 Å². The number of amides is 1. The van der Waals surface area contributed by atoms with Crippen LogP contribution in [-0.2, 0) is 4.79 Å². The molecule has 4 heteroatoms. The molecule has 1 aliphatic carbocycles. The minimum Gasteiger partial charge on any atom is -0.497 e. The molecule has 0 bridgehead atoms. The van der Waals surface area contributed by atoms with Gasteiger partial charge in [0.05, 0.1) is 7.11 Å². The minimum absolute atomic E-state index is 0.303. The zero-order chi connectivity index (χ0) is 12.5. The third kappa shape index (κ3) is 2.35. The maximum absolute atomic E-state index is 11.6. The topological polar surface area (TPSA) is 64.3 Å². The van der Waals surface area contributed by atoms with Gasteiger partial charge in [0.15, 0.2) is 0 Å². The highest BCUT2D eigenvalue weighted by molar-refractivity contribution is 5.88. The smallest absolute Gasteiger partial charge is 0.243 e. The monoisotopic (exact) mass is 234 g/mol. The summed E-state index contributed by atoms with van der Waals surface area (Å²) in [5.74, 6) is 0.798. The highest BCUT2D eigenvalue weighted by Crippen LogP contribution is 2.41. The molecule has 0 heterocycles. The van der Waals surface area contributed by atoms with Crippen LogP contribution in [-0.4, -0.2) is 18.6 Å². The predicted octanol–water partition coefficient (Wildman–Crippen LogP) is 1.76. The van der Waals surface area contributed by atoms with Gasteiger partial charge in [-0.15, -0.1) is 0 Å². The van der Waals surface area contributed by atoms with Crippen LogP contribution in [0.1, 0.15) is 19.8 Å². The third-order valence-corrected chi connectivity index (χ3v) is 3.38. The van der Waals surface area contributed by atoms with E-state index in [1.54, 1.807) is 7.11 Å². The largest absolute Gasteiger partial charge is 0.497 e. The second-order valence-corrected chi connectivity index (χ2v) is 4.70. The Bertz CT molecular complexity index is 429. The lowest BCUT2D eigenvalue weighted by molar-refractivity contribution is -0.122. The normalized spacial score (nSPS) is 18.2. The van der Waals surface area contributed by atoms with Crippen molar-refractivity contribution < 1.29 is 9.53 Å². The molecule has 2 rings (SSSR count). The first-order chi connectivity index (χ1) is 8.06. The van der Waals surface area contributed by atoms with E-state index in [0.717, 1.165) is 24.3 Å². The molecule has 92 valence electrons. The van der Waals surface area contributed by atoms with Gasteiger partial charge in [-0.3, -0.25) is 4.79 Å². The first-order valence-corrected chi connectivity index (χ1v) is 5.78. The maximum Gasteiger partial charge on any atom is 0.243 e. The number of nitrogens with one attached hydrogen (secondary N) is 1. The van der Waals surface area contributed by atoms with E-state index in [-0.39, 0.29) is 5.91 Å². The standard InChI is InChI=1S/C13H18N2O2/c1-13(12(14)16,9-6-7-9)15-10-4-3-5-11(8-10)17-2/h3-5,8-9,15H,6-7H2,1-2H3,(H2,14,16). The second-order valence-electron chi connectivity index (χ2n) is 4.70. The molecule has 1 amide bonds. The van der Waals surface area contributed by atoms with Gasteiger partial charge in [0, 0.05) is 11.8 Å². The Morgan fingerprint density at radius 2 is 2.24 bits per heavy atom. The highest BCUT2D eigenvalue weighted by Gasteiger charge is 2.46. The fourth-order valence-electron chi connectivity index (χ4n) is 2.03. The number of hydrogen-bond donors (Lipinski definition) is 2. The molecular formula is C13H18N2O2. The first-order valence-electron chi connectivity index (χ1n) is 5.78. The molecule has 1 fully saturated rings. The lowest BCUT2D eigenvalue weighted by Crippen LogP contribution is -2.49. The van der Waals surface area contributed by atoms with E-state index < -0.39 is 5.54 Å². The quantitative estimate of drug-likeness (QED) is 0.816. The number of benzene rings is 1. The molecule has 1 aromatic rings. The average Bonchev–Trinajstić information content (AvgIpc) is 3.13. The van der Waals surface area contributed by atoms with Crippen molar-refractivity contribution in [2.75, 3.05) is 12.4 Å². The summed E-state index contributed by atoms with van der Waals surface area (Å²) in [5, 5.41) is 3.24. The van der Waals surface area contributed by atoms with E-state index in [4.69, 9.17) is 10.5 Å². The molecule has 4 nitrogen and oxygen atoms in total. The van der Waals surface area contributed by atoms with Crippen LogP contribution >= 0.6 is 0 Å². The lowest BCUT2D eigenvalue weighted by atomic mass is 9.94. The summed E-state index contributed by atoms with van der Waals surface area (Å²) in [5.41, 5.74) is 5.70. The van der Waals surface area contributed by atoms with Gasteiger partial charge < -0.3 is 15.8 Å². The Labute approximate surface area is 101 Å². The number of carbonyl (C=O) groups is 1. The zero-order valence-corrected chi connectivity index (χ0v) is 10.2. The van der Waals surface area contributed by atoms with Gasteiger partial charge in [0.25, 0.3) is 0 Å². The van der Waals surface area contributed by atoms with E-state index in [2.05, 4.69) is 5.32 Å². The van der Waals surface area contributed by atoms with E-state index in [9.17, 15) is 4.79 Å². The molecule has 1 saturated carbocycles. The zero-order valence-electron chi connectivity index (χ0n) is 10.2. The molecule has 1 unspecified atom stereocenters. The van der Waals surface area contributed by atoms with Crippen molar-refractivity contribution in [3.05, 3.63) is 24.3 Å². The van der Waals surface area contributed by atoms with Crippen molar-refractivity contribution in [2.45, 2.75) is 25.3 Å². The fraction of sp³-hybridized carbons (Fsp3) is 0.462. The van der Waals surface area contributed by atoms with Crippen molar-refractivity contribution >= 4 is 11.6 Å². The highest BCUT2D eigenvalue weighted by atomic mass is 16.5. The molecule has 0 aromatic heterocycles. The summed E-state index contributed by atoms with van der Waals surface area (Å²) < 4.78 is 5.15. The number of primary amides is 1. The number of methoxy groups -OCH3 is 1. The molecule has 1 aliphatic rings. The van der Waals surface area contributed by atoms with Crippen LogP contribution < -0.4 is 15.8 Å². The van der Waals surface area contributed by atoms with Crippen molar-refractivity contribution in [1.29, 1.82) is 0 Å². The number of rotatable bonds is 5. The van der Waals surface area contributed by atoms with Crippen LogP contribution in [0.15, 0.2) is 24.3 Å². The van der Waals surface area contributed by atoms with Gasteiger partial charge in [-0.2, -0.15) is 0 Å². The summed E-state index contributed by atoms with van der Waals surface area (Å²) in [6.07, 6.45) is 2.10. The molecular weight excluding hydrogens is 216 g/mol. The second kappa shape index (κ2) is 4.28. The van der Waals surface area contributed by atoms with Gasteiger partial charge in [-0.25, -0.2) is 0 Å². The number of nitrogens with two attached hydrogens (primary N) is 1. The molecule has 17 heavy (non-hydrogen) atoms. The van der Waals surface area contributed by atoms with Crippen molar-refractivity contribution in [3.8, 4) is 5.75 Å². The summed E-state index contributed by atoms with van der Waals surface area (Å²) in [7, 11) is 1.62. The molecule has 1 atom stereocenters. The van der Waals surface area contributed by atoms with E-state index in [1.807, 2.05) is 31.2 Å². The summed E-state index contributed by atoms with van der Waals surface area (Å²) in [6, 6.07) is 7.52. The Balaban J connectivity index is 2.20. The Morgan fingerprint density at radius 1 is 1.53 bits per heavy atom. The number of anilines is 1.